The van der Waals surface area contributed by atoms with Crippen molar-refractivity contribution in [2.45, 2.75) is 19.8 Å². The quantitative estimate of drug-likeness (QED) is 0.860. The molecule has 2 rings (SSSR count). The van der Waals surface area contributed by atoms with Crippen molar-refractivity contribution in [3.63, 3.8) is 0 Å². The van der Waals surface area contributed by atoms with Gasteiger partial charge in [-0.15, -0.1) is 0 Å². The van der Waals surface area contributed by atoms with E-state index in [1.807, 2.05) is 24.3 Å². The smallest absolute Gasteiger partial charge is 0.243 e. The molecule has 1 aromatic carbocycles. The summed E-state index contributed by atoms with van der Waals surface area (Å²) in [7, 11) is 0. The Morgan fingerprint density at radius 1 is 1.16 bits per heavy atom. The fourth-order valence-corrected chi connectivity index (χ4v) is 2.14. The number of carbonyl (C=O) groups is 2. The number of carbonyl (C=O) groups excluding carboxylic acids is 2. The second-order valence-corrected chi connectivity index (χ2v) is 4.70. The Kier molecular flexibility index (Phi) is 4.39. The minimum absolute atomic E-state index is 0.00318. The number of nitrogens with one attached hydrogen (secondary N) is 2. The molecule has 2 N–H and O–H groups in total. The maximum absolute atomic E-state index is 11.5. The third-order valence-electron chi connectivity index (χ3n) is 3.12. The van der Waals surface area contributed by atoms with Gasteiger partial charge in [0.2, 0.25) is 11.8 Å². The van der Waals surface area contributed by atoms with Gasteiger partial charge < -0.3 is 15.5 Å². The van der Waals surface area contributed by atoms with Gasteiger partial charge in [0.25, 0.3) is 0 Å². The number of benzene rings is 1. The highest BCUT2D eigenvalue weighted by atomic mass is 16.2. The summed E-state index contributed by atoms with van der Waals surface area (Å²) in [5, 5.41) is 5.21. The molecule has 0 spiro atoms. The van der Waals surface area contributed by atoms with Crippen molar-refractivity contribution in [1.29, 1.82) is 0 Å². The van der Waals surface area contributed by atoms with E-state index in [1.54, 1.807) is 0 Å². The molecule has 0 aromatic heterocycles. The fourth-order valence-electron chi connectivity index (χ4n) is 2.14. The van der Waals surface area contributed by atoms with E-state index in [4.69, 9.17) is 0 Å². The highest BCUT2D eigenvalue weighted by Gasteiger charge is 2.12. The summed E-state index contributed by atoms with van der Waals surface area (Å²) in [5.74, 6) is -0.427. The van der Waals surface area contributed by atoms with Gasteiger partial charge >= 0.3 is 0 Å². The normalized spacial score (nSPS) is 14.3. The Hall–Kier alpha value is -2.04. The van der Waals surface area contributed by atoms with Gasteiger partial charge in [0, 0.05) is 31.4 Å². The van der Waals surface area contributed by atoms with Gasteiger partial charge in [-0.25, -0.2) is 0 Å². The van der Waals surface area contributed by atoms with Crippen molar-refractivity contribution >= 4 is 23.2 Å². The van der Waals surface area contributed by atoms with Crippen LogP contribution in [-0.2, 0) is 9.59 Å². The van der Waals surface area contributed by atoms with Gasteiger partial charge in [-0.3, -0.25) is 9.59 Å². The van der Waals surface area contributed by atoms with Crippen molar-refractivity contribution in [3.8, 4) is 0 Å². The molecule has 5 nitrogen and oxygen atoms in total. The van der Waals surface area contributed by atoms with E-state index in [0.29, 0.717) is 0 Å². The van der Waals surface area contributed by atoms with Crippen LogP contribution >= 0.6 is 0 Å². The Balaban J connectivity index is 1.87. The third-order valence-corrected chi connectivity index (χ3v) is 3.12. The molecule has 0 bridgehead atoms. The van der Waals surface area contributed by atoms with E-state index < -0.39 is 0 Å². The Morgan fingerprint density at radius 3 is 2.37 bits per heavy atom. The van der Waals surface area contributed by atoms with Crippen LogP contribution in [0.25, 0.3) is 0 Å². The molecule has 0 aliphatic carbocycles. The average molecular weight is 261 g/mol. The van der Waals surface area contributed by atoms with Crippen LogP contribution in [0.4, 0.5) is 11.4 Å². The molecule has 1 aromatic rings. The van der Waals surface area contributed by atoms with Crippen molar-refractivity contribution in [1.82, 2.24) is 5.32 Å². The second-order valence-electron chi connectivity index (χ2n) is 4.70. The SMILES string of the molecule is CC(=O)NCC(=O)Nc1ccc(N2CCCC2)cc1. The summed E-state index contributed by atoms with van der Waals surface area (Å²) in [5.41, 5.74) is 1.94. The zero-order chi connectivity index (χ0) is 13.7. The minimum Gasteiger partial charge on any atom is -0.372 e. The van der Waals surface area contributed by atoms with E-state index in [0.717, 1.165) is 18.8 Å². The number of anilines is 2. The first-order chi connectivity index (χ1) is 9.15. The Morgan fingerprint density at radius 2 is 1.79 bits per heavy atom. The topological polar surface area (TPSA) is 61.4 Å². The number of hydrogen-bond donors (Lipinski definition) is 2. The maximum atomic E-state index is 11.5. The van der Waals surface area contributed by atoms with E-state index in [-0.39, 0.29) is 18.4 Å². The number of rotatable bonds is 4. The highest BCUT2D eigenvalue weighted by molar-refractivity contribution is 5.94. The lowest BCUT2D eigenvalue weighted by Gasteiger charge is -2.17. The number of hydrogen-bond acceptors (Lipinski definition) is 3. The molecule has 1 aliphatic heterocycles. The molecule has 0 atom stereocenters. The molecule has 5 heteroatoms. The highest BCUT2D eigenvalue weighted by Crippen LogP contribution is 2.21. The molecule has 2 amide bonds. The van der Waals surface area contributed by atoms with Crippen LogP contribution in [0.15, 0.2) is 24.3 Å². The van der Waals surface area contributed by atoms with Gasteiger partial charge in [-0.2, -0.15) is 0 Å². The zero-order valence-corrected chi connectivity index (χ0v) is 11.1. The van der Waals surface area contributed by atoms with E-state index in [1.165, 1.54) is 25.5 Å². The molecular formula is C14H19N3O2. The molecule has 19 heavy (non-hydrogen) atoms. The van der Waals surface area contributed by atoms with Crippen molar-refractivity contribution in [3.05, 3.63) is 24.3 Å². The predicted molar refractivity (Wildman–Crippen MR) is 75.2 cm³/mol. The summed E-state index contributed by atoms with van der Waals surface area (Å²) in [4.78, 5) is 24.6. The minimum atomic E-state index is -0.218. The lowest BCUT2D eigenvalue weighted by atomic mass is 10.2. The first-order valence-electron chi connectivity index (χ1n) is 6.54. The van der Waals surface area contributed by atoms with Crippen LogP contribution < -0.4 is 15.5 Å². The van der Waals surface area contributed by atoms with Gasteiger partial charge in [0.05, 0.1) is 6.54 Å². The van der Waals surface area contributed by atoms with Gasteiger partial charge in [0.1, 0.15) is 0 Å². The first-order valence-corrected chi connectivity index (χ1v) is 6.54. The molecule has 0 radical (unpaired) electrons. The molecule has 1 aliphatic rings. The van der Waals surface area contributed by atoms with E-state index in [2.05, 4.69) is 15.5 Å². The largest absolute Gasteiger partial charge is 0.372 e. The van der Waals surface area contributed by atoms with Crippen molar-refractivity contribution in [2.75, 3.05) is 29.9 Å². The average Bonchev–Trinajstić information content (AvgIpc) is 2.91. The predicted octanol–water partition coefficient (Wildman–Crippen LogP) is 1.36. The molecule has 102 valence electrons. The van der Waals surface area contributed by atoms with Crippen LogP contribution in [0, 0.1) is 0 Å². The number of amides is 2. The maximum Gasteiger partial charge on any atom is 0.243 e. The van der Waals surface area contributed by atoms with E-state index in [9.17, 15) is 9.59 Å². The molecule has 0 unspecified atom stereocenters. The monoisotopic (exact) mass is 261 g/mol. The lowest BCUT2D eigenvalue weighted by Crippen LogP contribution is -2.31. The number of nitrogens with zero attached hydrogens (tertiary/aromatic N) is 1. The van der Waals surface area contributed by atoms with Crippen LogP contribution in [0.3, 0.4) is 0 Å². The van der Waals surface area contributed by atoms with Gasteiger partial charge in [-0.05, 0) is 37.1 Å². The third kappa shape index (κ3) is 3.98. The fraction of sp³-hybridized carbons (Fsp3) is 0.429. The van der Waals surface area contributed by atoms with Crippen molar-refractivity contribution in [2.24, 2.45) is 0 Å². The summed E-state index contributed by atoms with van der Waals surface area (Å²) < 4.78 is 0. The Labute approximate surface area is 113 Å². The lowest BCUT2D eigenvalue weighted by molar-refractivity contribution is -0.122. The molecule has 0 saturated carbocycles. The van der Waals surface area contributed by atoms with Crippen LogP contribution in [0.5, 0.6) is 0 Å². The van der Waals surface area contributed by atoms with E-state index >= 15 is 0 Å². The van der Waals surface area contributed by atoms with Crippen LogP contribution in [-0.4, -0.2) is 31.4 Å². The van der Waals surface area contributed by atoms with Gasteiger partial charge in [0.15, 0.2) is 0 Å². The summed E-state index contributed by atoms with van der Waals surface area (Å²) in [6.07, 6.45) is 2.49. The summed E-state index contributed by atoms with van der Waals surface area (Å²) in [6.45, 7) is 3.60. The van der Waals surface area contributed by atoms with Crippen LogP contribution in [0.1, 0.15) is 19.8 Å². The molecule has 1 fully saturated rings. The van der Waals surface area contributed by atoms with Crippen molar-refractivity contribution < 1.29 is 9.59 Å². The second kappa shape index (κ2) is 6.22. The zero-order valence-electron chi connectivity index (χ0n) is 11.1. The molecule has 1 heterocycles. The standard InChI is InChI=1S/C14H19N3O2/c1-11(18)15-10-14(19)16-12-4-6-13(7-5-12)17-8-2-3-9-17/h4-7H,2-3,8-10H2,1H3,(H,15,18)(H,16,19). The Bertz CT molecular complexity index is 450. The summed E-state index contributed by atoms with van der Waals surface area (Å²) >= 11 is 0. The first kappa shape index (κ1) is 13.4. The van der Waals surface area contributed by atoms with Crippen LogP contribution in [0.2, 0.25) is 0 Å². The molecule has 1 saturated heterocycles. The summed E-state index contributed by atoms with van der Waals surface area (Å²) in [6, 6.07) is 7.80. The van der Waals surface area contributed by atoms with Gasteiger partial charge in [-0.1, -0.05) is 0 Å². The molecular weight excluding hydrogens is 242 g/mol.